The lowest BCUT2D eigenvalue weighted by Crippen LogP contribution is -2.07. The lowest BCUT2D eigenvalue weighted by atomic mass is 10.0. The van der Waals surface area contributed by atoms with Crippen LogP contribution in [0, 0.1) is 5.92 Å². The maximum absolute atomic E-state index is 4.31. The second kappa shape index (κ2) is 6.41. The number of rotatable bonds is 5. The van der Waals surface area contributed by atoms with Gasteiger partial charge in [-0.3, -0.25) is 0 Å². The molecule has 0 spiro atoms. The fraction of sp³-hybridized carbons (Fsp3) is 1.00. The molecule has 0 N–H and O–H groups in total. The van der Waals surface area contributed by atoms with Crippen molar-refractivity contribution >= 4 is 25.3 Å². The molecule has 0 aromatic rings. The van der Waals surface area contributed by atoms with E-state index < -0.39 is 0 Å². The van der Waals surface area contributed by atoms with Gasteiger partial charge in [0.15, 0.2) is 0 Å². The quantitative estimate of drug-likeness (QED) is 0.468. The molecule has 0 radical (unpaired) electrons. The summed E-state index contributed by atoms with van der Waals surface area (Å²) in [6.45, 7) is 4.43. The van der Waals surface area contributed by atoms with E-state index in [1.54, 1.807) is 0 Å². The average molecular weight is 178 g/mol. The van der Waals surface area contributed by atoms with Gasteiger partial charge in [0.2, 0.25) is 0 Å². The first-order valence-corrected chi connectivity index (χ1v) is 5.11. The summed E-state index contributed by atoms with van der Waals surface area (Å²) in [5.74, 6) is 0.701. The predicted molar refractivity (Wildman–Crippen MR) is 55.1 cm³/mol. The van der Waals surface area contributed by atoms with E-state index in [0.29, 0.717) is 5.92 Å². The molecule has 0 aromatic heterocycles. The SMILES string of the molecule is CCCCC(CC)C(S)S. The highest BCUT2D eigenvalue weighted by Gasteiger charge is 2.10. The topological polar surface area (TPSA) is 0 Å². The summed E-state index contributed by atoms with van der Waals surface area (Å²) in [4.78, 5) is 0. The molecule has 0 saturated heterocycles. The van der Waals surface area contributed by atoms with Crippen LogP contribution in [0.1, 0.15) is 39.5 Å². The average Bonchev–Trinajstić information content (AvgIpc) is 1.89. The second-order valence-electron chi connectivity index (χ2n) is 2.72. The normalized spacial score (nSPS) is 14.1. The molecule has 1 unspecified atom stereocenters. The van der Waals surface area contributed by atoms with Crippen LogP contribution in [-0.4, -0.2) is 4.58 Å². The van der Waals surface area contributed by atoms with Crippen LogP contribution in [0.4, 0.5) is 0 Å². The van der Waals surface area contributed by atoms with Crippen molar-refractivity contribution in [1.82, 2.24) is 0 Å². The zero-order chi connectivity index (χ0) is 7.98. The number of thiol groups is 2. The van der Waals surface area contributed by atoms with Crippen molar-refractivity contribution in [3.8, 4) is 0 Å². The monoisotopic (exact) mass is 178 g/mol. The van der Waals surface area contributed by atoms with Gasteiger partial charge in [0, 0.05) is 4.58 Å². The molecule has 0 fully saturated rings. The second-order valence-corrected chi connectivity index (χ2v) is 4.24. The predicted octanol–water partition coefficient (Wildman–Crippen LogP) is 3.39. The van der Waals surface area contributed by atoms with Crippen LogP contribution < -0.4 is 0 Å². The molecule has 0 amide bonds. The summed E-state index contributed by atoms with van der Waals surface area (Å²) in [6.07, 6.45) is 5.09. The van der Waals surface area contributed by atoms with E-state index in [4.69, 9.17) is 0 Å². The Bertz CT molecular complexity index is 71.7. The van der Waals surface area contributed by atoms with Crippen molar-refractivity contribution in [1.29, 1.82) is 0 Å². The van der Waals surface area contributed by atoms with E-state index in [2.05, 4.69) is 39.1 Å². The Morgan fingerprint density at radius 3 is 2.10 bits per heavy atom. The lowest BCUT2D eigenvalue weighted by molar-refractivity contribution is 0.487. The minimum Gasteiger partial charge on any atom is -0.165 e. The Balaban J connectivity index is 3.40. The highest BCUT2D eigenvalue weighted by atomic mass is 32.2. The third-order valence-electron chi connectivity index (χ3n) is 1.87. The maximum Gasteiger partial charge on any atom is 0.0470 e. The van der Waals surface area contributed by atoms with Crippen LogP contribution in [0.25, 0.3) is 0 Å². The van der Waals surface area contributed by atoms with E-state index in [1.165, 1.54) is 25.7 Å². The van der Waals surface area contributed by atoms with Crippen molar-refractivity contribution in [2.75, 3.05) is 0 Å². The van der Waals surface area contributed by atoms with Crippen LogP contribution in [0.15, 0.2) is 0 Å². The van der Waals surface area contributed by atoms with Gasteiger partial charge in [-0.2, -0.15) is 25.3 Å². The van der Waals surface area contributed by atoms with Gasteiger partial charge in [0.25, 0.3) is 0 Å². The summed E-state index contributed by atoms with van der Waals surface area (Å²) < 4.78 is 0.275. The molecule has 2 heteroatoms. The molecule has 0 saturated carbocycles. The van der Waals surface area contributed by atoms with Crippen LogP contribution in [-0.2, 0) is 0 Å². The summed E-state index contributed by atoms with van der Waals surface area (Å²) in [5.41, 5.74) is 0. The molecule has 1 atom stereocenters. The highest BCUT2D eigenvalue weighted by molar-refractivity contribution is 7.99. The lowest BCUT2D eigenvalue weighted by Gasteiger charge is -2.16. The number of unbranched alkanes of at least 4 members (excludes halogenated alkanes) is 1. The molecule has 0 aliphatic rings. The summed E-state index contributed by atoms with van der Waals surface area (Å²) in [5, 5.41) is 0. The zero-order valence-electron chi connectivity index (χ0n) is 6.88. The zero-order valence-corrected chi connectivity index (χ0v) is 8.67. The van der Waals surface area contributed by atoms with Gasteiger partial charge in [-0.1, -0.05) is 33.1 Å². The molecule has 0 bridgehead atoms. The molecule has 0 rings (SSSR count). The first kappa shape index (κ1) is 10.7. The summed E-state index contributed by atoms with van der Waals surface area (Å²) in [6, 6.07) is 0. The highest BCUT2D eigenvalue weighted by Crippen LogP contribution is 2.22. The van der Waals surface area contributed by atoms with Crippen LogP contribution >= 0.6 is 25.3 Å². The minimum atomic E-state index is 0.275. The van der Waals surface area contributed by atoms with E-state index >= 15 is 0 Å². The third-order valence-corrected chi connectivity index (χ3v) is 2.72. The molecule has 10 heavy (non-hydrogen) atoms. The van der Waals surface area contributed by atoms with Crippen LogP contribution in [0.2, 0.25) is 0 Å². The molecule has 0 heterocycles. The van der Waals surface area contributed by atoms with E-state index in [9.17, 15) is 0 Å². The fourth-order valence-electron chi connectivity index (χ4n) is 1.03. The largest absolute Gasteiger partial charge is 0.165 e. The minimum absolute atomic E-state index is 0.275. The van der Waals surface area contributed by atoms with Gasteiger partial charge in [0.1, 0.15) is 0 Å². The Morgan fingerprint density at radius 1 is 1.20 bits per heavy atom. The van der Waals surface area contributed by atoms with Gasteiger partial charge in [0.05, 0.1) is 0 Å². The van der Waals surface area contributed by atoms with Crippen LogP contribution in [0.5, 0.6) is 0 Å². The third kappa shape index (κ3) is 4.51. The van der Waals surface area contributed by atoms with Crippen molar-refractivity contribution in [2.45, 2.75) is 44.1 Å². The molecule has 62 valence electrons. The van der Waals surface area contributed by atoms with Gasteiger partial charge in [-0.25, -0.2) is 0 Å². The number of hydrogen-bond acceptors (Lipinski definition) is 2. The molecule has 0 nitrogen and oxygen atoms in total. The first-order chi connectivity index (χ1) is 4.72. The Morgan fingerprint density at radius 2 is 1.80 bits per heavy atom. The molecular weight excluding hydrogens is 160 g/mol. The van der Waals surface area contributed by atoms with Gasteiger partial charge in [-0.15, -0.1) is 0 Å². The van der Waals surface area contributed by atoms with Gasteiger partial charge >= 0.3 is 0 Å². The standard InChI is InChI=1S/C8H18S2/c1-3-5-6-7(4-2)8(9)10/h7-10H,3-6H2,1-2H3. The smallest absolute Gasteiger partial charge is 0.0470 e. The molecule has 0 aromatic carbocycles. The van der Waals surface area contributed by atoms with Gasteiger partial charge in [-0.05, 0) is 12.3 Å². The van der Waals surface area contributed by atoms with Gasteiger partial charge < -0.3 is 0 Å². The Labute approximate surface area is 75.6 Å². The van der Waals surface area contributed by atoms with Crippen LogP contribution in [0.3, 0.4) is 0 Å². The van der Waals surface area contributed by atoms with Crippen molar-refractivity contribution in [2.24, 2.45) is 5.92 Å². The molecule has 0 aliphatic carbocycles. The maximum atomic E-state index is 4.31. The van der Waals surface area contributed by atoms with E-state index in [1.807, 2.05) is 0 Å². The molecule has 0 aliphatic heterocycles. The number of hydrogen-bond donors (Lipinski definition) is 2. The van der Waals surface area contributed by atoms with Crippen molar-refractivity contribution in [3.63, 3.8) is 0 Å². The summed E-state index contributed by atoms with van der Waals surface area (Å²) >= 11 is 8.62. The fourth-order valence-corrected chi connectivity index (χ4v) is 1.75. The van der Waals surface area contributed by atoms with Crippen molar-refractivity contribution < 1.29 is 0 Å². The molecular formula is C8H18S2. The summed E-state index contributed by atoms with van der Waals surface area (Å²) in [7, 11) is 0. The van der Waals surface area contributed by atoms with E-state index in [0.717, 1.165) is 0 Å². The Kier molecular flexibility index (Phi) is 6.86. The van der Waals surface area contributed by atoms with E-state index in [-0.39, 0.29) is 4.58 Å². The van der Waals surface area contributed by atoms with Crippen molar-refractivity contribution in [3.05, 3.63) is 0 Å². The Hall–Kier alpha value is 0.700. The first-order valence-electron chi connectivity index (χ1n) is 4.08.